The molecular formula is C17H18N4O3S. The van der Waals surface area contributed by atoms with Crippen molar-refractivity contribution in [2.24, 2.45) is 4.99 Å². The van der Waals surface area contributed by atoms with Crippen LogP contribution in [0.3, 0.4) is 0 Å². The largest absolute Gasteiger partial charge is 0.354 e. The first-order chi connectivity index (χ1) is 12.1. The van der Waals surface area contributed by atoms with Gasteiger partial charge in [-0.25, -0.2) is 4.99 Å². The van der Waals surface area contributed by atoms with E-state index in [1.165, 1.54) is 15.4 Å². The van der Waals surface area contributed by atoms with Gasteiger partial charge in [0.1, 0.15) is 5.84 Å². The lowest BCUT2D eigenvalue weighted by atomic mass is 10.1. The normalized spacial score (nSPS) is 15.7. The zero-order chi connectivity index (χ0) is 17.6. The Morgan fingerprint density at radius 1 is 1.08 bits per heavy atom. The van der Waals surface area contributed by atoms with Crippen LogP contribution >= 0.6 is 11.8 Å². The number of benzene rings is 2. The van der Waals surface area contributed by atoms with Crippen LogP contribution in [-0.4, -0.2) is 47.2 Å². The van der Waals surface area contributed by atoms with Gasteiger partial charge in [-0.2, -0.15) is 0 Å². The van der Waals surface area contributed by atoms with Crippen molar-refractivity contribution in [3.63, 3.8) is 0 Å². The molecule has 2 aromatic carbocycles. The fourth-order valence-corrected chi connectivity index (χ4v) is 3.80. The first-order valence-electron chi connectivity index (χ1n) is 7.89. The average molecular weight is 358 g/mol. The highest BCUT2D eigenvalue weighted by Gasteiger charge is 2.22. The lowest BCUT2D eigenvalue weighted by Crippen LogP contribution is -2.46. The third-order valence-corrected chi connectivity index (χ3v) is 5.00. The number of hydrogen-bond donors (Lipinski definition) is 2. The molecule has 7 nitrogen and oxygen atoms in total. The van der Waals surface area contributed by atoms with Crippen molar-refractivity contribution in [1.29, 1.82) is 0 Å². The minimum absolute atomic E-state index is 1.01. The van der Waals surface area contributed by atoms with E-state index in [-0.39, 0.29) is 0 Å². The minimum Gasteiger partial charge on any atom is -0.354 e. The molecular weight excluding hydrogens is 340 g/mol. The van der Waals surface area contributed by atoms with Crippen LogP contribution in [0.25, 0.3) is 0 Å². The lowest BCUT2D eigenvalue weighted by molar-refractivity contribution is -0.742. The van der Waals surface area contributed by atoms with Gasteiger partial charge in [0.15, 0.2) is 0 Å². The van der Waals surface area contributed by atoms with Crippen LogP contribution in [0, 0.1) is 10.1 Å². The quantitative estimate of drug-likeness (QED) is 0.556. The molecule has 2 aliphatic heterocycles. The summed E-state index contributed by atoms with van der Waals surface area (Å²) in [6.07, 6.45) is 0. The molecule has 0 aliphatic carbocycles. The SMILES string of the molecule is O=[N+]([O-])O.c1ccc2c(c1)N=C(N1CCNCC1)c1ccccc1S2. The summed E-state index contributed by atoms with van der Waals surface area (Å²) in [6.45, 7) is 4.08. The second-order valence-electron chi connectivity index (χ2n) is 5.48. The summed E-state index contributed by atoms with van der Waals surface area (Å²) in [6, 6.07) is 17.0. The van der Waals surface area contributed by atoms with E-state index in [1.54, 1.807) is 0 Å². The van der Waals surface area contributed by atoms with Crippen LogP contribution in [0.15, 0.2) is 63.3 Å². The number of nitrogens with zero attached hydrogens (tertiary/aromatic N) is 3. The van der Waals surface area contributed by atoms with Gasteiger partial charge >= 0.3 is 0 Å². The van der Waals surface area contributed by atoms with Gasteiger partial charge in [-0.15, -0.1) is 10.1 Å². The first kappa shape index (κ1) is 17.2. The van der Waals surface area contributed by atoms with Crippen LogP contribution in [-0.2, 0) is 0 Å². The number of rotatable bonds is 0. The molecule has 0 bridgehead atoms. The van der Waals surface area contributed by atoms with E-state index in [2.05, 4.69) is 58.7 Å². The molecule has 1 saturated heterocycles. The van der Waals surface area contributed by atoms with Crippen molar-refractivity contribution < 1.29 is 10.3 Å². The van der Waals surface area contributed by atoms with Crippen molar-refractivity contribution >= 4 is 23.3 Å². The molecule has 0 saturated carbocycles. The van der Waals surface area contributed by atoms with E-state index in [1.807, 2.05) is 11.8 Å². The molecule has 2 heterocycles. The summed E-state index contributed by atoms with van der Waals surface area (Å²) in [5, 5.41) is 17.0. The maximum atomic E-state index is 8.36. The second-order valence-corrected chi connectivity index (χ2v) is 6.56. The molecule has 25 heavy (non-hydrogen) atoms. The van der Waals surface area contributed by atoms with Gasteiger partial charge in [-0.3, -0.25) is 0 Å². The van der Waals surface area contributed by atoms with Gasteiger partial charge in [-0.05, 0) is 18.2 Å². The van der Waals surface area contributed by atoms with E-state index in [9.17, 15) is 0 Å². The van der Waals surface area contributed by atoms with Gasteiger partial charge in [0.05, 0.1) is 5.69 Å². The van der Waals surface area contributed by atoms with Crippen LogP contribution < -0.4 is 5.32 Å². The zero-order valence-electron chi connectivity index (χ0n) is 13.5. The monoisotopic (exact) mass is 358 g/mol. The maximum absolute atomic E-state index is 8.36. The third-order valence-electron chi connectivity index (χ3n) is 3.86. The Morgan fingerprint density at radius 2 is 1.68 bits per heavy atom. The summed E-state index contributed by atoms with van der Waals surface area (Å²) in [5.41, 5.74) is 2.33. The molecule has 2 aromatic rings. The highest BCUT2D eigenvalue weighted by atomic mass is 32.2. The van der Waals surface area contributed by atoms with Crippen LogP contribution in [0.4, 0.5) is 5.69 Å². The molecule has 0 atom stereocenters. The number of nitrogens with one attached hydrogen (secondary N) is 1. The molecule has 0 aromatic heterocycles. The van der Waals surface area contributed by atoms with Gasteiger partial charge < -0.3 is 15.4 Å². The van der Waals surface area contributed by atoms with Crippen LogP contribution in [0.1, 0.15) is 5.56 Å². The van der Waals surface area contributed by atoms with E-state index >= 15 is 0 Å². The summed E-state index contributed by atoms with van der Waals surface area (Å²) < 4.78 is 0. The molecule has 130 valence electrons. The lowest BCUT2D eigenvalue weighted by Gasteiger charge is -2.30. The van der Waals surface area contributed by atoms with Crippen LogP contribution in [0.2, 0.25) is 0 Å². The van der Waals surface area contributed by atoms with Crippen molar-refractivity contribution in [2.75, 3.05) is 26.2 Å². The van der Waals surface area contributed by atoms with E-state index < -0.39 is 5.09 Å². The molecule has 4 rings (SSSR count). The third kappa shape index (κ3) is 4.28. The Hall–Kier alpha value is -2.58. The number of piperazine rings is 1. The zero-order valence-corrected chi connectivity index (χ0v) is 14.3. The minimum atomic E-state index is -1.50. The van der Waals surface area contributed by atoms with E-state index in [4.69, 9.17) is 20.3 Å². The maximum Gasteiger partial charge on any atom is 0.291 e. The Bertz CT molecular complexity index is 787. The van der Waals surface area contributed by atoms with Crippen LogP contribution in [0.5, 0.6) is 0 Å². The van der Waals surface area contributed by atoms with Gasteiger partial charge in [0, 0.05) is 41.5 Å². The van der Waals surface area contributed by atoms with Crippen molar-refractivity contribution in [1.82, 2.24) is 10.2 Å². The molecule has 0 radical (unpaired) electrons. The Labute approximate surface area is 149 Å². The van der Waals surface area contributed by atoms with Crippen molar-refractivity contribution in [2.45, 2.75) is 9.79 Å². The second kappa shape index (κ2) is 8.00. The molecule has 8 heteroatoms. The van der Waals surface area contributed by atoms with E-state index in [0.717, 1.165) is 37.7 Å². The fourth-order valence-electron chi connectivity index (χ4n) is 2.79. The number of fused-ring (bicyclic) bond motifs is 2. The average Bonchev–Trinajstić information content (AvgIpc) is 2.78. The summed E-state index contributed by atoms with van der Waals surface area (Å²) in [4.78, 5) is 18.3. The molecule has 0 unspecified atom stereocenters. The predicted octanol–water partition coefficient (Wildman–Crippen LogP) is 2.79. The standard InChI is InChI=1S/C17H17N3S.HNO3/c1-3-7-15-13(5-1)17(20-11-9-18-10-12-20)19-14-6-2-4-8-16(14)21-15;2-1(3)4/h1-8,18H,9-12H2;(H,2,3,4). The van der Waals surface area contributed by atoms with E-state index in [0.29, 0.717) is 0 Å². The predicted molar refractivity (Wildman–Crippen MR) is 96.4 cm³/mol. The van der Waals surface area contributed by atoms with Gasteiger partial charge in [0.25, 0.3) is 5.09 Å². The molecule has 2 aliphatic rings. The molecule has 2 N–H and O–H groups in total. The number of amidine groups is 1. The topological polar surface area (TPSA) is 91.0 Å². The Kier molecular flexibility index (Phi) is 5.52. The Balaban J connectivity index is 0.000000415. The van der Waals surface area contributed by atoms with Gasteiger partial charge in [0.2, 0.25) is 0 Å². The van der Waals surface area contributed by atoms with Crippen molar-refractivity contribution in [3.8, 4) is 0 Å². The summed E-state index contributed by atoms with van der Waals surface area (Å²) in [5.74, 6) is 1.12. The smallest absolute Gasteiger partial charge is 0.291 e. The van der Waals surface area contributed by atoms with Crippen molar-refractivity contribution in [3.05, 3.63) is 64.2 Å². The first-order valence-corrected chi connectivity index (χ1v) is 8.70. The number of hydrogen-bond acceptors (Lipinski definition) is 6. The summed E-state index contributed by atoms with van der Waals surface area (Å²) >= 11 is 1.81. The number of aliphatic imine (C=N–C) groups is 1. The summed E-state index contributed by atoms with van der Waals surface area (Å²) in [7, 11) is 0. The highest BCUT2D eigenvalue weighted by molar-refractivity contribution is 7.99. The highest BCUT2D eigenvalue weighted by Crippen LogP contribution is 2.40. The molecule has 1 fully saturated rings. The fraction of sp³-hybridized carbons (Fsp3) is 0.235. The molecule has 0 amide bonds. The van der Waals surface area contributed by atoms with Gasteiger partial charge in [-0.1, -0.05) is 42.1 Å². The number of para-hydroxylation sites is 1. The molecule has 0 spiro atoms. The Morgan fingerprint density at radius 3 is 2.40 bits per heavy atom.